The number of nitrogens with zero attached hydrogens (tertiary/aromatic N) is 2. The molecule has 0 unspecified atom stereocenters. The van der Waals surface area contributed by atoms with E-state index in [1.165, 1.54) is 19.3 Å². The molecule has 0 aromatic carbocycles. The van der Waals surface area contributed by atoms with Crippen molar-refractivity contribution >= 4 is 10.1 Å². The van der Waals surface area contributed by atoms with Gasteiger partial charge >= 0.3 is 5.51 Å². The highest BCUT2D eigenvalue weighted by atomic mass is 32.2. The Balaban J connectivity index is 0.000000362. The van der Waals surface area contributed by atoms with Crippen molar-refractivity contribution in [3.63, 3.8) is 0 Å². The first kappa shape index (κ1) is 17.9. The molecule has 5 nitrogen and oxygen atoms in total. The van der Waals surface area contributed by atoms with Gasteiger partial charge in [-0.3, -0.25) is 0 Å². The summed E-state index contributed by atoms with van der Waals surface area (Å²) in [5, 5.41) is 0. The molecule has 1 heterocycles. The molecule has 0 saturated carbocycles. The highest BCUT2D eigenvalue weighted by Crippen LogP contribution is 2.20. The fourth-order valence-corrected chi connectivity index (χ4v) is 1.18. The van der Waals surface area contributed by atoms with Crippen LogP contribution in [0.4, 0.5) is 13.2 Å². The zero-order valence-corrected chi connectivity index (χ0v) is 11.5. The molecule has 0 aliphatic carbocycles. The van der Waals surface area contributed by atoms with Crippen LogP contribution in [0, 0.1) is 0 Å². The van der Waals surface area contributed by atoms with E-state index in [0.29, 0.717) is 0 Å². The van der Waals surface area contributed by atoms with Crippen molar-refractivity contribution in [1.82, 2.24) is 4.57 Å². The molecular formula is C10H17F3N2O3S. The SMILES string of the molecule is CCCCC[n+]1ccn(C)c1.O=S(=O)([O-])C(F)(F)F. The van der Waals surface area contributed by atoms with Gasteiger partial charge in [0.15, 0.2) is 10.1 Å². The maximum absolute atomic E-state index is 10.7. The van der Waals surface area contributed by atoms with E-state index in [0.717, 1.165) is 6.54 Å². The van der Waals surface area contributed by atoms with Gasteiger partial charge in [0, 0.05) is 0 Å². The van der Waals surface area contributed by atoms with Gasteiger partial charge in [-0.2, -0.15) is 13.2 Å². The lowest BCUT2D eigenvalue weighted by molar-refractivity contribution is -0.696. The summed E-state index contributed by atoms with van der Waals surface area (Å²) in [6.07, 6.45) is 10.2. The third-order valence-corrected chi connectivity index (χ3v) is 2.69. The molecule has 9 heteroatoms. The molecule has 0 aliphatic heterocycles. The Kier molecular flexibility index (Phi) is 7.06. The van der Waals surface area contributed by atoms with Crippen molar-refractivity contribution in [2.75, 3.05) is 0 Å². The van der Waals surface area contributed by atoms with Crippen LogP contribution in [0.25, 0.3) is 0 Å². The predicted molar refractivity (Wildman–Crippen MR) is 60.9 cm³/mol. The monoisotopic (exact) mass is 302 g/mol. The third kappa shape index (κ3) is 7.83. The number of unbranched alkanes of at least 4 members (excludes halogenated alkanes) is 2. The summed E-state index contributed by atoms with van der Waals surface area (Å²) in [4.78, 5) is 0. The molecule has 1 aromatic rings. The smallest absolute Gasteiger partial charge is 0.485 e. The van der Waals surface area contributed by atoms with E-state index in [1.807, 2.05) is 0 Å². The van der Waals surface area contributed by atoms with E-state index >= 15 is 0 Å². The topological polar surface area (TPSA) is 66.0 Å². The molecule has 112 valence electrons. The second-order valence-electron chi connectivity index (χ2n) is 3.92. The van der Waals surface area contributed by atoms with E-state index in [-0.39, 0.29) is 0 Å². The normalized spacial score (nSPS) is 11.9. The van der Waals surface area contributed by atoms with Gasteiger partial charge in [-0.05, 0) is 12.8 Å². The Bertz CT molecular complexity index is 469. The molecule has 0 spiro atoms. The zero-order valence-electron chi connectivity index (χ0n) is 10.7. The Morgan fingerprint density at radius 2 is 1.84 bits per heavy atom. The minimum atomic E-state index is -6.09. The fraction of sp³-hybridized carbons (Fsp3) is 0.700. The molecule has 0 saturated heterocycles. The van der Waals surface area contributed by atoms with Gasteiger partial charge in [-0.1, -0.05) is 13.3 Å². The summed E-state index contributed by atoms with van der Waals surface area (Å²) in [6, 6.07) is 0. The highest BCUT2D eigenvalue weighted by molar-refractivity contribution is 7.86. The summed E-state index contributed by atoms with van der Waals surface area (Å²) < 4.78 is 63.2. The Labute approximate surface area is 110 Å². The average Bonchev–Trinajstić information content (AvgIpc) is 2.63. The number of halogens is 3. The number of hydrogen-bond donors (Lipinski definition) is 0. The lowest BCUT2D eigenvalue weighted by Gasteiger charge is -2.08. The van der Waals surface area contributed by atoms with Crippen LogP contribution >= 0.6 is 0 Å². The van der Waals surface area contributed by atoms with E-state index < -0.39 is 15.6 Å². The van der Waals surface area contributed by atoms with Crippen molar-refractivity contribution in [1.29, 1.82) is 0 Å². The van der Waals surface area contributed by atoms with Gasteiger partial charge < -0.3 is 4.55 Å². The quantitative estimate of drug-likeness (QED) is 0.367. The van der Waals surface area contributed by atoms with Gasteiger partial charge in [0.1, 0.15) is 12.4 Å². The molecule has 0 radical (unpaired) electrons. The Morgan fingerprint density at radius 3 is 2.16 bits per heavy atom. The Hall–Kier alpha value is -1.09. The van der Waals surface area contributed by atoms with E-state index in [2.05, 4.69) is 41.8 Å². The fourth-order valence-electron chi connectivity index (χ4n) is 1.18. The minimum Gasteiger partial charge on any atom is -0.741 e. The standard InChI is InChI=1S/C9H17N2.CHF3O3S/c1-3-4-5-6-11-8-7-10(2)9-11;2-1(3,4)8(5,6)7/h7-9H,3-6H2,1-2H3;(H,5,6,7)/q+1;/p-1. The lowest BCUT2D eigenvalue weighted by atomic mass is 10.2. The molecule has 0 aliphatic rings. The number of aryl methyl sites for hydroxylation is 2. The van der Waals surface area contributed by atoms with Gasteiger partial charge in [0.05, 0.1) is 13.6 Å². The van der Waals surface area contributed by atoms with Gasteiger partial charge in [0.25, 0.3) is 0 Å². The second-order valence-corrected chi connectivity index (χ2v) is 5.30. The average molecular weight is 302 g/mol. The van der Waals surface area contributed by atoms with E-state index in [9.17, 15) is 13.2 Å². The van der Waals surface area contributed by atoms with Crippen LogP contribution in [0.15, 0.2) is 18.7 Å². The van der Waals surface area contributed by atoms with Crippen molar-refractivity contribution in [3.8, 4) is 0 Å². The number of rotatable bonds is 4. The largest absolute Gasteiger partial charge is 0.741 e. The molecule has 19 heavy (non-hydrogen) atoms. The molecule has 0 bridgehead atoms. The first-order chi connectivity index (χ1) is 8.58. The maximum Gasteiger partial charge on any atom is 0.485 e. The third-order valence-electron chi connectivity index (χ3n) is 2.13. The molecule has 1 aromatic heterocycles. The lowest BCUT2D eigenvalue weighted by Crippen LogP contribution is -2.30. The predicted octanol–water partition coefficient (Wildman–Crippen LogP) is 1.55. The number of alkyl halides is 3. The minimum absolute atomic E-state index is 1.16. The van der Waals surface area contributed by atoms with Crippen LogP contribution in [-0.2, 0) is 23.7 Å². The van der Waals surface area contributed by atoms with Gasteiger partial charge in [-0.15, -0.1) is 0 Å². The maximum atomic E-state index is 10.7. The number of aromatic nitrogens is 2. The second kappa shape index (κ2) is 7.49. The number of hydrogen-bond acceptors (Lipinski definition) is 3. The first-order valence-corrected chi connectivity index (χ1v) is 7.02. The molecule has 0 atom stereocenters. The summed E-state index contributed by atoms with van der Waals surface area (Å²) in [7, 11) is -4.04. The molecule has 0 amide bonds. The molecule has 0 N–H and O–H groups in total. The van der Waals surface area contributed by atoms with E-state index in [4.69, 9.17) is 13.0 Å². The summed E-state index contributed by atoms with van der Waals surface area (Å²) in [6.45, 7) is 3.39. The summed E-state index contributed by atoms with van der Waals surface area (Å²) >= 11 is 0. The Morgan fingerprint density at radius 1 is 1.32 bits per heavy atom. The van der Waals surface area contributed by atoms with Crippen molar-refractivity contribution in [3.05, 3.63) is 18.7 Å². The van der Waals surface area contributed by atoms with E-state index in [1.54, 1.807) is 0 Å². The van der Waals surface area contributed by atoms with Gasteiger partial charge in [-0.25, -0.2) is 17.6 Å². The number of imidazole rings is 1. The molecule has 0 fully saturated rings. The van der Waals surface area contributed by atoms with Crippen molar-refractivity contribution < 1.29 is 30.7 Å². The van der Waals surface area contributed by atoms with Crippen LogP contribution in [0.1, 0.15) is 26.2 Å². The van der Waals surface area contributed by atoms with Crippen molar-refractivity contribution in [2.24, 2.45) is 7.05 Å². The summed E-state index contributed by atoms with van der Waals surface area (Å²) in [5.41, 5.74) is -5.65. The van der Waals surface area contributed by atoms with Gasteiger partial charge in [0.2, 0.25) is 6.33 Å². The molecular weight excluding hydrogens is 285 g/mol. The van der Waals surface area contributed by atoms with Crippen LogP contribution in [0.2, 0.25) is 0 Å². The van der Waals surface area contributed by atoms with Crippen LogP contribution < -0.4 is 4.57 Å². The van der Waals surface area contributed by atoms with Crippen LogP contribution in [0.5, 0.6) is 0 Å². The van der Waals surface area contributed by atoms with Crippen LogP contribution in [-0.4, -0.2) is 23.0 Å². The zero-order chi connectivity index (χ0) is 15.1. The van der Waals surface area contributed by atoms with Crippen LogP contribution in [0.3, 0.4) is 0 Å². The summed E-state index contributed by atoms with van der Waals surface area (Å²) in [5.74, 6) is 0. The first-order valence-electron chi connectivity index (χ1n) is 5.61. The molecule has 1 rings (SSSR count). The highest BCUT2D eigenvalue weighted by Gasteiger charge is 2.36. The van der Waals surface area contributed by atoms with Crippen molar-refractivity contribution in [2.45, 2.75) is 38.2 Å².